The van der Waals surface area contributed by atoms with Gasteiger partial charge in [0.05, 0.1) is 6.20 Å². The van der Waals surface area contributed by atoms with Crippen LogP contribution in [0.5, 0.6) is 5.75 Å². The first-order valence-corrected chi connectivity index (χ1v) is 6.72. The number of halogens is 1. The van der Waals surface area contributed by atoms with Crippen molar-refractivity contribution < 1.29 is 9.13 Å². The molecule has 1 aromatic carbocycles. The Morgan fingerprint density at radius 1 is 1.45 bits per heavy atom. The summed E-state index contributed by atoms with van der Waals surface area (Å²) >= 11 is 0. The summed E-state index contributed by atoms with van der Waals surface area (Å²) in [6.45, 7) is 2.42. The first kappa shape index (κ1) is 14.5. The second-order valence-corrected chi connectivity index (χ2v) is 4.94. The van der Waals surface area contributed by atoms with Gasteiger partial charge in [-0.2, -0.15) is 5.10 Å². The predicted octanol–water partition coefficient (Wildman–Crippen LogP) is 2.42. The molecular weight excluding hydrogens is 257 g/mol. The number of hydrogen-bond donors (Lipinski definition) is 1. The van der Waals surface area contributed by atoms with Gasteiger partial charge < -0.3 is 10.5 Å². The van der Waals surface area contributed by atoms with E-state index in [9.17, 15) is 4.39 Å². The fraction of sp³-hybridized carbons (Fsp3) is 0.400. The minimum Gasteiger partial charge on any atom is -0.489 e. The minimum absolute atomic E-state index is 0.0116. The lowest BCUT2D eigenvalue weighted by atomic mass is 10.0. The van der Waals surface area contributed by atoms with Crippen LogP contribution in [0.1, 0.15) is 24.5 Å². The van der Waals surface area contributed by atoms with E-state index in [1.54, 1.807) is 16.9 Å². The molecule has 108 valence electrons. The number of aromatic nitrogens is 2. The van der Waals surface area contributed by atoms with Crippen LogP contribution in [0.4, 0.5) is 4.39 Å². The highest BCUT2D eigenvalue weighted by Gasteiger charge is 2.10. The molecule has 1 heterocycles. The number of hydrogen-bond acceptors (Lipinski definition) is 3. The standard InChI is InChI=1S/C15H20FN3O/c1-3-14(17)7-12-6-13(16)4-5-15(12)20-10-11-8-18-19(2)9-11/h4-6,8-9,14H,3,7,10,17H2,1-2H3. The van der Waals surface area contributed by atoms with Crippen molar-refractivity contribution in [2.75, 3.05) is 0 Å². The van der Waals surface area contributed by atoms with Crippen molar-refractivity contribution in [1.82, 2.24) is 9.78 Å². The second kappa shape index (κ2) is 6.52. The topological polar surface area (TPSA) is 53.1 Å². The quantitative estimate of drug-likeness (QED) is 0.882. The van der Waals surface area contributed by atoms with Gasteiger partial charge in [0.25, 0.3) is 0 Å². The van der Waals surface area contributed by atoms with Crippen molar-refractivity contribution >= 4 is 0 Å². The van der Waals surface area contributed by atoms with Gasteiger partial charge in [-0.15, -0.1) is 0 Å². The third-order valence-corrected chi connectivity index (χ3v) is 3.18. The van der Waals surface area contributed by atoms with Gasteiger partial charge in [-0.1, -0.05) is 6.92 Å². The molecule has 0 aliphatic rings. The number of aryl methyl sites for hydroxylation is 1. The van der Waals surface area contributed by atoms with E-state index < -0.39 is 0 Å². The van der Waals surface area contributed by atoms with Crippen molar-refractivity contribution in [1.29, 1.82) is 0 Å². The molecule has 2 rings (SSSR count). The zero-order valence-corrected chi connectivity index (χ0v) is 11.8. The van der Waals surface area contributed by atoms with Crippen LogP contribution in [0.2, 0.25) is 0 Å². The van der Waals surface area contributed by atoms with Crippen LogP contribution in [0.25, 0.3) is 0 Å². The predicted molar refractivity (Wildman–Crippen MR) is 75.9 cm³/mol. The highest BCUT2D eigenvalue weighted by molar-refractivity contribution is 5.34. The van der Waals surface area contributed by atoms with Crippen LogP contribution in [0, 0.1) is 5.82 Å². The van der Waals surface area contributed by atoms with Gasteiger partial charge in [0, 0.05) is 24.8 Å². The lowest BCUT2D eigenvalue weighted by Crippen LogP contribution is -2.21. The van der Waals surface area contributed by atoms with Crippen LogP contribution in [-0.2, 0) is 20.1 Å². The Kier molecular flexibility index (Phi) is 4.74. The van der Waals surface area contributed by atoms with Gasteiger partial charge in [0.2, 0.25) is 0 Å². The largest absolute Gasteiger partial charge is 0.489 e. The summed E-state index contributed by atoms with van der Waals surface area (Å²) in [6.07, 6.45) is 5.09. The second-order valence-electron chi connectivity index (χ2n) is 4.94. The maximum Gasteiger partial charge on any atom is 0.123 e. The summed E-state index contributed by atoms with van der Waals surface area (Å²) in [5.41, 5.74) is 7.73. The molecule has 0 saturated heterocycles. The van der Waals surface area contributed by atoms with Crippen molar-refractivity contribution in [2.45, 2.75) is 32.4 Å². The first-order valence-electron chi connectivity index (χ1n) is 6.72. The number of benzene rings is 1. The highest BCUT2D eigenvalue weighted by atomic mass is 19.1. The zero-order chi connectivity index (χ0) is 14.5. The van der Waals surface area contributed by atoms with Crippen molar-refractivity contribution in [3.05, 3.63) is 47.5 Å². The Morgan fingerprint density at radius 3 is 2.90 bits per heavy atom. The molecular formula is C15H20FN3O. The SMILES string of the molecule is CCC(N)Cc1cc(F)ccc1OCc1cnn(C)c1. The van der Waals surface area contributed by atoms with E-state index in [0.717, 1.165) is 17.5 Å². The average Bonchev–Trinajstić information content (AvgIpc) is 2.83. The van der Waals surface area contributed by atoms with Gasteiger partial charge in [0.15, 0.2) is 0 Å². The van der Waals surface area contributed by atoms with E-state index in [1.165, 1.54) is 12.1 Å². The summed E-state index contributed by atoms with van der Waals surface area (Å²) in [6, 6.07) is 4.56. The van der Waals surface area contributed by atoms with Crippen molar-refractivity contribution in [2.24, 2.45) is 12.8 Å². The first-order chi connectivity index (χ1) is 9.58. The molecule has 0 bridgehead atoms. The Morgan fingerprint density at radius 2 is 2.25 bits per heavy atom. The van der Waals surface area contributed by atoms with E-state index in [1.807, 2.05) is 20.2 Å². The van der Waals surface area contributed by atoms with E-state index in [-0.39, 0.29) is 11.9 Å². The zero-order valence-electron chi connectivity index (χ0n) is 11.8. The molecule has 2 aromatic rings. The molecule has 0 saturated carbocycles. The normalized spacial score (nSPS) is 12.4. The molecule has 20 heavy (non-hydrogen) atoms. The molecule has 1 unspecified atom stereocenters. The smallest absolute Gasteiger partial charge is 0.123 e. The van der Waals surface area contributed by atoms with Crippen LogP contribution >= 0.6 is 0 Å². The van der Waals surface area contributed by atoms with E-state index in [2.05, 4.69) is 5.10 Å². The molecule has 5 heteroatoms. The number of ether oxygens (including phenoxy) is 1. The molecule has 0 amide bonds. The molecule has 0 radical (unpaired) electrons. The van der Waals surface area contributed by atoms with Gasteiger partial charge in [-0.3, -0.25) is 4.68 Å². The van der Waals surface area contributed by atoms with Crippen LogP contribution in [-0.4, -0.2) is 15.8 Å². The third kappa shape index (κ3) is 3.81. The molecule has 0 aliphatic carbocycles. The van der Waals surface area contributed by atoms with E-state index >= 15 is 0 Å². The Hall–Kier alpha value is -1.88. The fourth-order valence-electron chi connectivity index (χ4n) is 1.98. The fourth-order valence-corrected chi connectivity index (χ4v) is 1.98. The molecule has 1 aromatic heterocycles. The lowest BCUT2D eigenvalue weighted by Gasteiger charge is -2.14. The van der Waals surface area contributed by atoms with Crippen LogP contribution < -0.4 is 10.5 Å². The third-order valence-electron chi connectivity index (χ3n) is 3.18. The number of nitrogens with two attached hydrogens (primary N) is 1. The van der Waals surface area contributed by atoms with Crippen LogP contribution in [0.15, 0.2) is 30.6 Å². The van der Waals surface area contributed by atoms with Gasteiger partial charge in [0.1, 0.15) is 18.2 Å². The minimum atomic E-state index is -0.267. The summed E-state index contributed by atoms with van der Waals surface area (Å²) in [5.74, 6) is 0.413. The lowest BCUT2D eigenvalue weighted by molar-refractivity contribution is 0.301. The molecule has 0 fully saturated rings. The van der Waals surface area contributed by atoms with Gasteiger partial charge in [-0.25, -0.2) is 4.39 Å². The van der Waals surface area contributed by atoms with Gasteiger partial charge >= 0.3 is 0 Å². The summed E-state index contributed by atoms with van der Waals surface area (Å²) in [5, 5.41) is 4.08. The summed E-state index contributed by atoms with van der Waals surface area (Å²) in [4.78, 5) is 0. The highest BCUT2D eigenvalue weighted by Crippen LogP contribution is 2.22. The molecule has 0 aliphatic heterocycles. The molecule has 4 nitrogen and oxygen atoms in total. The van der Waals surface area contributed by atoms with Crippen molar-refractivity contribution in [3.8, 4) is 5.75 Å². The number of rotatable bonds is 6. The monoisotopic (exact) mass is 277 g/mol. The Labute approximate surface area is 118 Å². The van der Waals surface area contributed by atoms with E-state index in [0.29, 0.717) is 18.8 Å². The number of nitrogens with zero attached hydrogens (tertiary/aromatic N) is 2. The maximum atomic E-state index is 13.4. The Balaban J connectivity index is 2.09. The summed E-state index contributed by atoms with van der Waals surface area (Å²) < 4.78 is 20.8. The molecule has 0 spiro atoms. The summed E-state index contributed by atoms with van der Waals surface area (Å²) in [7, 11) is 1.85. The molecule has 2 N–H and O–H groups in total. The van der Waals surface area contributed by atoms with Gasteiger partial charge in [-0.05, 0) is 36.6 Å². The Bertz CT molecular complexity index is 568. The maximum absolute atomic E-state index is 13.4. The van der Waals surface area contributed by atoms with Crippen LogP contribution in [0.3, 0.4) is 0 Å². The van der Waals surface area contributed by atoms with Crippen molar-refractivity contribution in [3.63, 3.8) is 0 Å². The molecule has 1 atom stereocenters. The average molecular weight is 277 g/mol. The van der Waals surface area contributed by atoms with E-state index in [4.69, 9.17) is 10.5 Å².